The first-order chi connectivity index (χ1) is 9.74. The maximum absolute atomic E-state index is 12.7. The number of carbonyl (C=O) groups is 1. The fraction of sp³-hybridized carbons (Fsp3) is 0.733. The fourth-order valence-electron chi connectivity index (χ4n) is 4.24. The maximum Gasteiger partial charge on any atom is 0.257 e. The topological polar surface area (TPSA) is 64.2 Å². The van der Waals surface area contributed by atoms with Crippen molar-refractivity contribution in [3.8, 4) is 0 Å². The van der Waals surface area contributed by atoms with Crippen molar-refractivity contribution in [2.45, 2.75) is 44.7 Å². The van der Waals surface area contributed by atoms with E-state index < -0.39 is 0 Å². The van der Waals surface area contributed by atoms with E-state index >= 15 is 0 Å². The van der Waals surface area contributed by atoms with Crippen LogP contribution < -0.4 is 5.73 Å². The first-order valence-corrected chi connectivity index (χ1v) is 7.83. The molecule has 0 radical (unpaired) electrons. The number of hydrogen-bond donors (Lipinski definition) is 1. The van der Waals surface area contributed by atoms with Crippen LogP contribution in [0.1, 0.15) is 41.7 Å². The molecule has 3 unspecified atom stereocenters. The quantitative estimate of drug-likeness (QED) is 0.854. The Kier molecular flexibility index (Phi) is 3.97. The Labute approximate surface area is 131 Å². The molecule has 2 N–H and O–H groups in total. The van der Waals surface area contributed by atoms with Crippen molar-refractivity contribution in [3.63, 3.8) is 0 Å². The van der Waals surface area contributed by atoms with Crippen LogP contribution in [0.4, 0.5) is 0 Å². The average Bonchev–Trinajstić information content (AvgIpc) is 3.14. The van der Waals surface area contributed by atoms with Crippen molar-refractivity contribution in [1.29, 1.82) is 0 Å². The molecule has 6 heteroatoms. The number of aryl methyl sites for hydroxylation is 1. The molecule has 2 aliphatic heterocycles. The van der Waals surface area contributed by atoms with E-state index in [0.29, 0.717) is 17.9 Å². The number of hydrogen-bond acceptors (Lipinski definition) is 3. The summed E-state index contributed by atoms with van der Waals surface area (Å²) in [6.07, 6.45) is 7.41. The van der Waals surface area contributed by atoms with Gasteiger partial charge in [-0.25, -0.2) is 0 Å². The zero-order valence-electron chi connectivity index (χ0n) is 12.2. The molecule has 21 heavy (non-hydrogen) atoms. The number of nitrogens with two attached hydrogens (primary N) is 1. The Bertz CT molecular complexity index is 544. The summed E-state index contributed by atoms with van der Waals surface area (Å²) in [6.45, 7) is 2.69. The van der Waals surface area contributed by atoms with E-state index in [2.05, 4.69) is 5.10 Å². The second-order valence-corrected chi connectivity index (χ2v) is 6.56. The molecule has 1 saturated carbocycles. The molecule has 1 aromatic heterocycles. The van der Waals surface area contributed by atoms with Gasteiger partial charge in [-0.1, -0.05) is 0 Å². The van der Waals surface area contributed by atoms with Crippen LogP contribution in [0.5, 0.6) is 0 Å². The van der Waals surface area contributed by atoms with Crippen LogP contribution in [0, 0.1) is 11.8 Å². The molecule has 3 heterocycles. The highest BCUT2D eigenvalue weighted by atomic mass is 35.5. The standard InChI is InChI=1S/C15H22N4O.ClH/c16-13-5-4-10-8-18(9-12(10)13)15(20)11-7-17-19-6-2-1-3-14(11)19;/h7,10,12-13H,1-6,8-9,16H2;1H. The molecule has 3 aliphatic rings. The molecule has 1 aliphatic carbocycles. The highest BCUT2D eigenvalue weighted by Gasteiger charge is 2.43. The van der Waals surface area contributed by atoms with E-state index in [1.54, 1.807) is 6.20 Å². The second-order valence-electron chi connectivity index (χ2n) is 6.56. The van der Waals surface area contributed by atoms with E-state index in [0.717, 1.165) is 43.7 Å². The van der Waals surface area contributed by atoms with Crippen molar-refractivity contribution < 1.29 is 4.79 Å². The van der Waals surface area contributed by atoms with Crippen LogP contribution >= 0.6 is 12.4 Å². The van der Waals surface area contributed by atoms with Gasteiger partial charge in [0.2, 0.25) is 0 Å². The van der Waals surface area contributed by atoms with Gasteiger partial charge in [0, 0.05) is 25.7 Å². The highest BCUT2D eigenvalue weighted by Crippen LogP contribution is 2.37. The number of aromatic nitrogens is 2. The summed E-state index contributed by atoms with van der Waals surface area (Å²) >= 11 is 0. The van der Waals surface area contributed by atoms with Crippen LogP contribution in [0.25, 0.3) is 0 Å². The Hall–Kier alpha value is -1.07. The minimum absolute atomic E-state index is 0. The molecule has 1 aromatic rings. The zero-order chi connectivity index (χ0) is 13.7. The summed E-state index contributed by atoms with van der Waals surface area (Å²) in [5, 5.41) is 4.38. The summed E-state index contributed by atoms with van der Waals surface area (Å²) in [7, 11) is 0. The Morgan fingerprint density at radius 1 is 1.29 bits per heavy atom. The van der Waals surface area contributed by atoms with Gasteiger partial charge in [-0.2, -0.15) is 5.10 Å². The normalized spacial score (nSPS) is 30.7. The van der Waals surface area contributed by atoms with Gasteiger partial charge < -0.3 is 10.6 Å². The van der Waals surface area contributed by atoms with Gasteiger partial charge >= 0.3 is 0 Å². The highest BCUT2D eigenvalue weighted by molar-refractivity contribution is 5.95. The van der Waals surface area contributed by atoms with Gasteiger partial charge in [0.25, 0.3) is 5.91 Å². The number of likely N-dealkylation sites (tertiary alicyclic amines) is 1. The summed E-state index contributed by atoms with van der Waals surface area (Å²) < 4.78 is 2.01. The minimum Gasteiger partial charge on any atom is -0.338 e. The molecular formula is C15H23ClN4O. The second kappa shape index (κ2) is 5.61. The number of amides is 1. The lowest BCUT2D eigenvalue weighted by Gasteiger charge is -2.20. The first-order valence-electron chi connectivity index (χ1n) is 7.83. The van der Waals surface area contributed by atoms with Crippen LogP contribution in [0.3, 0.4) is 0 Å². The van der Waals surface area contributed by atoms with Gasteiger partial charge in [0.1, 0.15) is 0 Å². The average molecular weight is 311 g/mol. The predicted molar refractivity (Wildman–Crippen MR) is 82.5 cm³/mol. The third-order valence-electron chi connectivity index (χ3n) is 5.41. The van der Waals surface area contributed by atoms with E-state index in [4.69, 9.17) is 5.73 Å². The number of fused-ring (bicyclic) bond motifs is 2. The summed E-state index contributed by atoms with van der Waals surface area (Å²) in [5.41, 5.74) is 8.13. The van der Waals surface area contributed by atoms with Gasteiger partial charge in [-0.05, 0) is 43.9 Å². The number of carbonyl (C=O) groups excluding carboxylic acids is 1. The number of halogens is 1. The molecule has 116 valence electrons. The van der Waals surface area contributed by atoms with Gasteiger partial charge in [0.15, 0.2) is 0 Å². The Morgan fingerprint density at radius 2 is 2.14 bits per heavy atom. The van der Waals surface area contributed by atoms with E-state index in [-0.39, 0.29) is 18.3 Å². The van der Waals surface area contributed by atoms with Crippen molar-refractivity contribution in [2.75, 3.05) is 13.1 Å². The number of rotatable bonds is 1. The van der Waals surface area contributed by atoms with E-state index in [9.17, 15) is 4.79 Å². The predicted octanol–water partition coefficient (Wildman–Crippen LogP) is 1.45. The lowest BCUT2D eigenvalue weighted by Crippen LogP contribution is -2.34. The zero-order valence-corrected chi connectivity index (χ0v) is 13.0. The number of nitrogens with zero attached hydrogens (tertiary/aromatic N) is 3. The fourth-order valence-corrected chi connectivity index (χ4v) is 4.24. The maximum atomic E-state index is 12.7. The third-order valence-corrected chi connectivity index (χ3v) is 5.41. The third kappa shape index (κ3) is 2.36. The van der Waals surface area contributed by atoms with Crippen LogP contribution in [-0.2, 0) is 13.0 Å². The Balaban J connectivity index is 0.00000132. The Morgan fingerprint density at radius 3 is 2.95 bits per heavy atom. The molecule has 2 fully saturated rings. The molecule has 3 atom stereocenters. The molecule has 0 spiro atoms. The van der Waals surface area contributed by atoms with Crippen molar-refractivity contribution in [2.24, 2.45) is 17.6 Å². The van der Waals surface area contributed by atoms with E-state index in [1.165, 1.54) is 19.3 Å². The SMILES string of the molecule is Cl.NC1CCC2CN(C(=O)c3cnn4c3CCCC4)CC12. The summed E-state index contributed by atoms with van der Waals surface area (Å²) in [5.74, 6) is 1.32. The molecule has 4 rings (SSSR count). The molecule has 1 amide bonds. The van der Waals surface area contributed by atoms with Crippen molar-refractivity contribution >= 4 is 18.3 Å². The first kappa shape index (κ1) is 14.9. The van der Waals surface area contributed by atoms with Gasteiger partial charge in [-0.3, -0.25) is 9.48 Å². The lowest BCUT2D eigenvalue weighted by molar-refractivity contribution is 0.0778. The summed E-state index contributed by atoms with van der Waals surface area (Å²) in [6, 6.07) is 0.291. The van der Waals surface area contributed by atoms with Crippen LogP contribution in [0.2, 0.25) is 0 Å². The lowest BCUT2D eigenvalue weighted by atomic mass is 9.98. The molecule has 5 nitrogen and oxygen atoms in total. The largest absolute Gasteiger partial charge is 0.338 e. The molecule has 0 bridgehead atoms. The van der Waals surface area contributed by atoms with Crippen LogP contribution in [-0.4, -0.2) is 39.7 Å². The van der Waals surface area contributed by atoms with Gasteiger partial charge in [0.05, 0.1) is 17.5 Å². The molecular weight excluding hydrogens is 288 g/mol. The molecule has 0 aromatic carbocycles. The molecule has 1 saturated heterocycles. The van der Waals surface area contributed by atoms with Crippen molar-refractivity contribution in [3.05, 3.63) is 17.5 Å². The summed E-state index contributed by atoms with van der Waals surface area (Å²) in [4.78, 5) is 14.8. The van der Waals surface area contributed by atoms with Crippen LogP contribution in [0.15, 0.2) is 6.20 Å². The van der Waals surface area contributed by atoms with Gasteiger partial charge in [-0.15, -0.1) is 12.4 Å². The monoisotopic (exact) mass is 310 g/mol. The minimum atomic E-state index is 0. The van der Waals surface area contributed by atoms with Crippen molar-refractivity contribution in [1.82, 2.24) is 14.7 Å². The smallest absolute Gasteiger partial charge is 0.257 e. The van der Waals surface area contributed by atoms with E-state index in [1.807, 2.05) is 9.58 Å².